The molecule has 1 aliphatic heterocycles. The molecule has 1 aliphatic rings. The maximum atomic E-state index is 6.09. The molecule has 0 amide bonds. The minimum Gasteiger partial charge on any atom is -0.379 e. The summed E-state index contributed by atoms with van der Waals surface area (Å²) in [4.78, 5) is 7.32. The monoisotopic (exact) mass is 531 g/mol. The highest BCUT2D eigenvalue weighted by Crippen LogP contribution is 2.24. The van der Waals surface area contributed by atoms with Gasteiger partial charge in [-0.3, -0.25) is 9.89 Å². The van der Waals surface area contributed by atoms with Crippen LogP contribution in [-0.4, -0.2) is 61.4 Å². The lowest BCUT2D eigenvalue weighted by Gasteiger charge is -2.34. The average molecular weight is 532 g/mol. The van der Waals surface area contributed by atoms with Gasteiger partial charge in [0.25, 0.3) is 0 Å². The van der Waals surface area contributed by atoms with Crippen LogP contribution < -0.4 is 10.6 Å². The van der Waals surface area contributed by atoms with Gasteiger partial charge < -0.3 is 19.9 Å². The molecular formula is C21H31ClIN5O. The minimum absolute atomic E-state index is 0. The van der Waals surface area contributed by atoms with Crippen molar-refractivity contribution < 1.29 is 4.74 Å². The Balaban J connectivity index is 0.00000300. The van der Waals surface area contributed by atoms with E-state index in [9.17, 15) is 0 Å². The smallest absolute Gasteiger partial charge is 0.191 e. The quantitative estimate of drug-likeness (QED) is 0.312. The Kier molecular flexibility index (Phi) is 10.8. The second kappa shape index (κ2) is 13.1. The first-order valence-corrected chi connectivity index (χ1v) is 10.3. The van der Waals surface area contributed by atoms with E-state index in [1.165, 1.54) is 5.56 Å². The van der Waals surface area contributed by atoms with Crippen molar-refractivity contribution in [2.24, 2.45) is 4.99 Å². The number of guanidine groups is 1. The van der Waals surface area contributed by atoms with Crippen LogP contribution in [0.25, 0.3) is 0 Å². The Morgan fingerprint density at radius 3 is 2.48 bits per heavy atom. The molecule has 0 radical (unpaired) electrons. The summed E-state index contributed by atoms with van der Waals surface area (Å²) in [5.74, 6) is 0.849. The fraction of sp³-hybridized carbons (Fsp3) is 0.476. The molecule has 29 heavy (non-hydrogen) atoms. The highest BCUT2D eigenvalue weighted by Gasteiger charge is 2.22. The molecule has 2 aromatic rings. The standard InChI is InChI=1S/C21H30ClN5O.HI/c1-2-23-21(24-9-12-26-10-3-4-11-26)25-17-20(27-13-15-28-16-14-27)18-5-7-19(22)8-6-18;/h3-8,10-11,20H,2,9,12-17H2,1H3,(H2,23,24,25);1H. The number of nitrogens with one attached hydrogen (secondary N) is 2. The highest BCUT2D eigenvalue weighted by atomic mass is 127. The van der Waals surface area contributed by atoms with Crippen molar-refractivity contribution in [2.75, 3.05) is 45.9 Å². The Morgan fingerprint density at radius 2 is 1.83 bits per heavy atom. The van der Waals surface area contributed by atoms with E-state index in [0.717, 1.165) is 56.9 Å². The van der Waals surface area contributed by atoms with Crippen molar-refractivity contribution >= 4 is 41.5 Å². The lowest BCUT2D eigenvalue weighted by atomic mass is 10.0. The van der Waals surface area contributed by atoms with Gasteiger partial charge in [-0.15, -0.1) is 24.0 Å². The van der Waals surface area contributed by atoms with Gasteiger partial charge in [-0.05, 0) is 36.8 Å². The van der Waals surface area contributed by atoms with Gasteiger partial charge in [-0.2, -0.15) is 0 Å². The molecule has 1 aromatic heterocycles. The average Bonchev–Trinajstić information content (AvgIpc) is 3.24. The number of ether oxygens (including phenoxy) is 1. The summed E-state index contributed by atoms with van der Waals surface area (Å²) in [6.07, 6.45) is 4.14. The van der Waals surface area contributed by atoms with E-state index in [0.29, 0.717) is 6.54 Å². The van der Waals surface area contributed by atoms with Crippen LogP contribution in [0.5, 0.6) is 0 Å². The Morgan fingerprint density at radius 1 is 1.14 bits per heavy atom. The second-order valence-corrected chi connectivity index (χ2v) is 7.22. The fourth-order valence-corrected chi connectivity index (χ4v) is 3.47. The third-order valence-electron chi connectivity index (χ3n) is 4.84. The molecule has 1 atom stereocenters. The highest BCUT2D eigenvalue weighted by molar-refractivity contribution is 14.0. The topological polar surface area (TPSA) is 53.8 Å². The number of rotatable bonds is 8. The molecule has 0 aliphatic carbocycles. The number of benzene rings is 1. The van der Waals surface area contributed by atoms with E-state index in [2.05, 4.69) is 51.6 Å². The number of morpholine rings is 1. The summed E-state index contributed by atoms with van der Waals surface area (Å²) < 4.78 is 7.69. The molecule has 2 N–H and O–H groups in total. The molecular weight excluding hydrogens is 501 g/mol. The molecule has 0 saturated carbocycles. The molecule has 1 unspecified atom stereocenters. The Labute approximate surface area is 195 Å². The van der Waals surface area contributed by atoms with Gasteiger partial charge in [0, 0.05) is 50.1 Å². The summed E-state index contributed by atoms with van der Waals surface area (Å²) in [5.41, 5.74) is 1.23. The van der Waals surface area contributed by atoms with Crippen molar-refractivity contribution in [3.05, 3.63) is 59.4 Å². The van der Waals surface area contributed by atoms with E-state index >= 15 is 0 Å². The van der Waals surface area contributed by atoms with E-state index in [1.54, 1.807) is 0 Å². The van der Waals surface area contributed by atoms with Crippen LogP contribution in [0.15, 0.2) is 53.8 Å². The van der Waals surface area contributed by atoms with Crippen molar-refractivity contribution in [3.63, 3.8) is 0 Å². The van der Waals surface area contributed by atoms with E-state index < -0.39 is 0 Å². The summed E-state index contributed by atoms with van der Waals surface area (Å²) in [6, 6.07) is 12.4. The van der Waals surface area contributed by atoms with Gasteiger partial charge in [0.2, 0.25) is 0 Å². The van der Waals surface area contributed by atoms with Gasteiger partial charge in [0.15, 0.2) is 5.96 Å². The third kappa shape index (κ3) is 7.81. The van der Waals surface area contributed by atoms with Crippen LogP contribution in [-0.2, 0) is 11.3 Å². The van der Waals surface area contributed by atoms with Gasteiger partial charge in [-0.25, -0.2) is 0 Å². The molecule has 8 heteroatoms. The zero-order chi connectivity index (χ0) is 19.6. The lowest BCUT2D eigenvalue weighted by Crippen LogP contribution is -2.42. The van der Waals surface area contributed by atoms with E-state index in [4.69, 9.17) is 21.3 Å². The van der Waals surface area contributed by atoms with Gasteiger partial charge in [0.05, 0.1) is 25.8 Å². The number of hydrogen-bond acceptors (Lipinski definition) is 3. The number of halogens is 2. The summed E-state index contributed by atoms with van der Waals surface area (Å²) >= 11 is 6.09. The minimum atomic E-state index is 0. The molecule has 1 fully saturated rings. The summed E-state index contributed by atoms with van der Waals surface area (Å²) in [5, 5.41) is 7.54. The first kappa shape index (κ1) is 24.0. The zero-order valence-corrected chi connectivity index (χ0v) is 20.0. The van der Waals surface area contributed by atoms with Crippen molar-refractivity contribution in [3.8, 4) is 0 Å². The van der Waals surface area contributed by atoms with Crippen LogP contribution in [0.2, 0.25) is 5.02 Å². The van der Waals surface area contributed by atoms with Gasteiger partial charge in [-0.1, -0.05) is 23.7 Å². The summed E-state index contributed by atoms with van der Waals surface area (Å²) in [6.45, 7) is 8.69. The van der Waals surface area contributed by atoms with Crippen molar-refractivity contribution in [2.45, 2.75) is 19.5 Å². The fourth-order valence-electron chi connectivity index (χ4n) is 3.35. The third-order valence-corrected chi connectivity index (χ3v) is 5.09. The van der Waals surface area contributed by atoms with Gasteiger partial charge >= 0.3 is 0 Å². The van der Waals surface area contributed by atoms with E-state index in [-0.39, 0.29) is 30.0 Å². The van der Waals surface area contributed by atoms with Crippen LogP contribution in [0.4, 0.5) is 0 Å². The molecule has 1 saturated heterocycles. The number of nitrogens with zero attached hydrogens (tertiary/aromatic N) is 3. The van der Waals surface area contributed by atoms with Crippen molar-refractivity contribution in [1.29, 1.82) is 0 Å². The molecule has 1 aromatic carbocycles. The molecule has 2 heterocycles. The second-order valence-electron chi connectivity index (χ2n) is 6.78. The normalized spacial score (nSPS) is 16.1. The van der Waals surface area contributed by atoms with Crippen LogP contribution >= 0.6 is 35.6 Å². The Bertz CT molecular complexity index is 717. The largest absolute Gasteiger partial charge is 0.379 e. The molecule has 160 valence electrons. The number of aliphatic imine (C=N–C) groups is 1. The SMILES string of the molecule is CCNC(=NCC(c1ccc(Cl)cc1)N1CCOCC1)NCCn1cccc1.I. The maximum Gasteiger partial charge on any atom is 0.191 e. The number of hydrogen-bond donors (Lipinski definition) is 2. The first-order valence-electron chi connectivity index (χ1n) is 9.96. The molecule has 3 rings (SSSR count). The predicted molar refractivity (Wildman–Crippen MR) is 130 cm³/mol. The summed E-state index contributed by atoms with van der Waals surface area (Å²) in [7, 11) is 0. The molecule has 0 spiro atoms. The maximum absolute atomic E-state index is 6.09. The predicted octanol–water partition coefficient (Wildman–Crippen LogP) is 3.39. The zero-order valence-electron chi connectivity index (χ0n) is 16.9. The van der Waals surface area contributed by atoms with Gasteiger partial charge in [0.1, 0.15) is 0 Å². The van der Waals surface area contributed by atoms with E-state index in [1.807, 2.05) is 24.3 Å². The molecule has 0 bridgehead atoms. The number of aromatic nitrogens is 1. The molecule has 6 nitrogen and oxygen atoms in total. The van der Waals surface area contributed by atoms with Crippen LogP contribution in [0.1, 0.15) is 18.5 Å². The van der Waals surface area contributed by atoms with Crippen molar-refractivity contribution in [1.82, 2.24) is 20.1 Å². The van der Waals surface area contributed by atoms with Crippen LogP contribution in [0, 0.1) is 0 Å². The first-order chi connectivity index (χ1) is 13.8. The van der Waals surface area contributed by atoms with Crippen LogP contribution in [0.3, 0.4) is 0 Å². The Hall–Kier alpha value is -1.29. The lowest BCUT2D eigenvalue weighted by molar-refractivity contribution is 0.0179.